The number of aliphatic hydroxyl groups is 1. The molecule has 2 atom stereocenters. The van der Waals surface area contributed by atoms with Gasteiger partial charge in [0.1, 0.15) is 24.0 Å². The molecule has 0 saturated carbocycles. The van der Waals surface area contributed by atoms with Gasteiger partial charge >= 0.3 is 6.09 Å². The number of carbonyl (C=O) groups excluding carboxylic acids is 2. The summed E-state index contributed by atoms with van der Waals surface area (Å²) in [5.74, 6) is -0.711. The molecule has 2 fully saturated rings. The van der Waals surface area contributed by atoms with Crippen LogP contribution in [-0.2, 0) is 16.1 Å². The van der Waals surface area contributed by atoms with Crippen molar-refractivity contribution in [3.05, 3.63) is 95.1 Å². The van der Waals surface area contributed by atoms with Gasteiger partial charge in [0.15, 0.2) is 0 Å². The molecule has 3 aromatic carbocycles. The molecule has 3 aromatic rings. The summed E-state index contributed by atoms with van der Waals surface area (Å²) in [7, 11) is 0. The normalized spacial score (nSPS) is 17.8. The average molecular weight is 586 g/mol. The van der Waals surface area contributed by atoms with Crippen molar-refractivity contribution in [1.29, 1.82) is 0 Å². The highest BCUT2D eigenvalue weighted by Gasteiger charge is 2.39. The fourth-order valence-electron chi connectivity index (χ4n) is 4.59. The number of rotatable bonds is 6. The molecule has 0 aromatic heterocycles. The molecule has 218 valence electrons. The molecular formula is C30H33F2N3O5S. The lowest BCUT2D eigenvalue weighted by atomic mass is 9.91. The third-order valence-corrected chi connectivity index (χ3v) is 7.43. The van der Waals surface area contributed by atoms with Crippen LogP contribution >= 0.6 is 12.8 Å². The maximum Gasteiger partial charge on any atom is 0.410 e. The third kappa shape index (κ3) is 7.75. The number of aromatic hydroxyl groups is 1. The largest absolute Gasteiger partial charge is 0.508 e. The van der Waals surface area contributed by atoms with E-state index in [2.05, 4.69) is 12.8 Å². The van der Waals surface area contributed by atoms with Crippen LogP contribution in [0.2, 0.25) is 0 Å². The molecule has 2 N–H and O–H groups in total. The molecule has 0 aliphatic carbocycles. The number of thiol groups is 1. The highest BCUT2D eigenvalue weighted by molar-refractivity contribution is 7.77. The van der Waals surface area contributed by atoms with Crippen LogP contribution in [0.25, 0.3) is 0 Å². The van der Waals surface area contributed by atoms with E-state index in [0.29, 0.717) is 49.4 Å². The van der Waals surface area contributed by atoms with E-state index in [9.17, 15) is 28.6 Å². The molecule has 2 amide bonds. The monoisotopic (exact) mass is 585 g/mol. The number of hydrogen-bond donors (Lipinski definition) is 3. The number of ether oxygens (including phenoxy) is 1. The summed E-state index contributed by atoms with van der Waals surface area (Å²) in [4.78, 5) is 27.5. The molecule has 0 spiro atoms. The van der Waals surface area contributed by atoms with Crippen molar-refractivity contribution < 1.29 is 33.3 Å². The number of piperazine rings is 1. The number of nitrogens with zero attached hydrogens (tertiary/aromatic N) is 3. The first kappa shape index (κ1) is 30.3. The number of β-lactam (4-membered cyclic amide) rings is 1. The zero-order valence-electron chi connectivity index (χ0n) is 22.6. The van der Waals surface area contributed by atoms with Crippen molar-refractivity contribution in [2.45, 2.75) is 38.5 Å². The van der Waals surface area contributed by atoms with Gasteiger partial charge in [0, 0.05) is 37.4 Å². The first-order chi connectivity index (χ1) is 19.7. The van der Waals surface area contributed by atoms with Gasteiger partial charge < -0.3 is 24.7 Å². The summed E-state index contributed by atoms with van der Waals surface area (Å²) in [5.41, 5.74) is 2.60. The Bertz CT molecular complexity index is 1330. The van der Waals surface area contributed by atoms with Crippen molar-refractivity contribution in [3.8, 4) is 5.75 Å². The molecule has 11 heteroatoms. The number of carbonyl (C=O) groups is 2. The van der Waals surface area contributed by atoms with Crippen LogP contribution in [0.3, 0.4) is 0 Å². The predicted molar refractivity (Wildman–Crippen MR) is 153 cm³/mol. The van der Waals surface area contributed by atoms with Crippen LogP contribution < -0.4 is 4.90 Å². The number of amides is 2. The van der Waals surface area contributed by atoms with Gasteiger partial charge in [0.25, 0.3) is 0 Å². The van der Waals surface area contributed by atoms with Crippen molar-refractivity contribution in [1.82, 2.24) is 9.21 Å². The molecule has 2 saturated heterocycles. The van der Waals surface area contributed by atoms with Crippen LogP contribution in [0.15, 0.2) is 66.7 Å². The minimum atomic E-state index is -0.462. The summed E-state index contributed by atoms with van der Waals surface area (Å²) in [6.07, 6.45) is 0.0600. The van der Waals surface area contributed by atoms with Gasteiger partial charge in [-0.15, -0.1) is 0 Å². The average Bonchev–Trinajstić information content (AvgIpc) is 2.97. The summed E-state index contributed by atoms with van der Waals surface area (Å²) in [6, 6.07) is 16.3. The minimum absolute atomic E-state index is 0.0249. The van der Waals surface area contributed by atoms with Crippen LogP contribution in [-0.4, -0.2) is 57.6 Å². The smallest absolute Gasteiger partial charge is 0.410 e. The topological polar surface area (TPSA) is 93.5 Å². The zero-order chi connectivity index (χ0) is 29.5. The van der Waals surface area contributed by atoms with Gasteiger partial charge in [-0.05, 0) is 60.0 Å². The zero-order valence-corrected chi connectivity index (χ0v) is 23.5. The molecule has 5 rings (SSSR count). The quantitative estimate of drug-likeness (QED) is 0.266. The van der Waals surface area contributed by atoms with Gasteiger partial charge in [-0.2, -0.15) is 0 Å². The summed E-state index contributed by atoms with van der Waals surface area (Å²) in [6.45, 7) is 4.40. The van der Waals surface area contributed by atoms with E-state index in [-0.39, 0.29) is 42.4 Å². The lowest BCUT2D eigenvalue weighted by molar-refractivity contribution is -0.124. The van der Waals surface area contributed by atoms with E-state index in [1.54, 1.807) is 35.2 Å². The SMILES string of the molecule is CCC(O)c1ccc(F)cc1.O=C(OCc1ccc(C2CC(=O)N2c2ccc(F)cc2)c(O)c1)N1CCN(S)CC1. The van der Waals surface area contributed by atoms with Crippen molar-refractivity contribution in [2.24, 2.45) is 0 Å². The van der Waals surface area contributed by atoms with Crippen molar-refractivity contribution >= 4 is 30.5 Å². The van der Waals surface area contributed by atoms with Gasteiger partial charge in [0.05, 0.1) is 18.6 Å². The third-order valence-electron chi connectivity index (χ3n) is 7.03. The maximum atomic E-state index is 13.2. The Morgan fingerprint density at radius 2 is 1.61 bits per heavy atom. The predicted octanol–water partition coefficient (Wildman–Crippen LogP) is 5.38. The van der Waals surface area contributed by atoms with Gasteiger partial charge in [-0.1, -0.05) is 44.0 Å². The molecular weight excluding hydrogens is 552 g/mol. The van der Waals surface area contributed by atoms with E-state index < -0.39 is 12.2 Å². The lowest BCUT2D eigenvalue weighted by Gasteiger charge is -2.41. The van der Waals surface area contributed by atoms with Gasteiger partial charge in [0.2, 0.25) is 5.91 Å². The molecule has 2 heterocycles. The highest BCUT2D eigenvalue weighted by Crippen LogP contribution is 2.42. The Hall–Kier alpha value is -3.67. The molecule has 41 heavy (non-hydrogen) atoms. The number of phenols is 1. The second-order valence-electron chi connectivity index (χ2n) is 9.82. The molecule has 2 aliphatic rings. The number of aliphatic hydroxyl groups excluding tert-OH is 1. The summed E-state index contributed by atoms with van der Waals surface area (Å²) < 4.78 is 32.7. The Morgan fingerprint density at radius 1 is 1.00 bits per heavy atom. The number of anilines is 1. The fourth-order valence-corrected chi connectivity index (χ4v) is 4.77. The number of benzene rings is 3. The molecule has 2 aliphatic heterocycles. The van der Waals surface area contributed by atoms with Crippen molar-refractivity contribution in [3.63, 3.8) is 0 Å². The second kappa shape index (κ2) is 13.8. The van der Waals surface area contributed by atoms with Crippen LogP contribution in [0.5, 0.6) is 5.75 Å². The van der Waals surface area contributed by atoms with Crippen molar-refractivity contribution in [2.75, 3.05) is 31.1 Å². The standard InChI is InChI=1S/C21H22FN3O4S.C9H11FO/c22-15-2-4-16(5-3-15)25-18(12-20(25)27)17-6-1-14(11-19(17)26)13-29-21(28)23-7-9-24(30)10-8-23;1-2-9(11)7-3-5-8(10)6-4-7/h1-6,11,18,26,30H,7-10,12-13H2;3-6,9,11H,2H2,1H3. The maximum absolute atomic E-state index is 13.2. The second-order valence-corrected chi connectivity index (χ2v) is 10.4. The lowest BCUT2D eigenvalue weighted by Crippen LogP contribution is -2.46. The molecule has 8 nitrogen and oxygen atoms in total. The number of halogens is 2. The molecule has 0 radical (unpaired) electrons. The molecule has 2 unspecified atom stereocenters. The van der Waals surface area contributed by atoms with Crippen LogP contribution in [0.4, 0.5) is 19.3 Å². The first-order valence-electron chi connectivity index (χ1n) is 13.3. The fraction of sp³-hybridized carbons (Fsp3) is 0.333. The minimum Gasteiger partial charge on any atom is -0.508 e. The Labute approximate surface area is 243 Å². The van der Waals surface area contributed by atoms with Crippen LogP contribution in [0.1, 0.15) is 48.6 Å². The summed E-state index contributed by atoms with van der Waals surface area (Å²) in [5, 5.41) is 19.8. The van der Waals surface area contributed by atoms with E-state index in [4.69, 9.17) is 4.74 Å². The first-order valence-corrected chi connectivity index (χ1v) is 13.7. The van der Waals surface area contributed by atoms with Gasteiger partial charge in [-0.3, -0.25) is 4.79 Å². The van der Waals surface area contributed by atoms with Gasteiger partial charge in [-0.25, -0.2) is 17.9 Å². The van der Waals surface area contributed by atoms with E-state index >= 15 is 0 Å². The van der Waals surface area contributed by atoms with E-state index in [1.807, 2.05) is 11.2 Å². The van der Waals surface area contributed by atoms with Crippen LogP contribution in [0, 0.1) is 11.6 Å². The van der Waals surface area contributed by atoms with E-state index in [0.717, 1.165) is 5.56 Å². The molecule has 0 bridgehead atoms. The Morgan fingerprint density at radius 3 is 2.17 bits per heavy atom. The number of hydrogen-bond acceptors (Lipinski definition) is 7. The number of phenolic OH excluding ortho intramolecular Hbond substituents is 1. The summed E-state index contributed by atoms with van der Waals surface area (Å²) >= 11 is 4.25. The Kier molecular flexibility index (Phi) is 10.2. The Balaban J connectivity index is 0.000000296. The highest BCUT2D eigenvalue weighted by atomic mass is 32.1. The van der Waals surface area contributed by atoms with E-state index in [1.165, 1.54) is 41.3 Å².